The summed E-state index contributed by atoms with van der Waals surface area (Å²) < 4.78 is 0. The lowest BCUT2D eigenvalue weighted by atomic mass is 9.85. The van der Waals surface area contributed by atoms with Crippen molar-refractivity contribution in [3.05, 3.63) is 84.9 Å². The maximum atomic E-state index is 13.4. The number of phenols is 1. The van der Waals surface area contributed by atoms with Crippen molar-refractivity contribution in [2.24, 2.45) is 23.7 Å². The van der Waals surface area contributed by atoms with Gasteiger partial charge in [0.15, 0.2) is 0 Å². The van der Waals surface area contributed by atoms with E-state index in [2.05, 4.69) is 12.2 Å². The predicted molar refractivity (Wildman–Crippen MR) is 119 cm³/mol. The fourth-order valence-corrected chi connectivity index (χ4v) is 5.58. The highest BCUT2D eigenvalue weighted by molar-refractivity contribution is 6.23. The molecule has 3 aromatic carbocycles. The van der Waals surface area contributed by atoms with Gasteiger partial charge in [0, 0.05) is 11.1 Å². The molecule has 152 valence electrons. The smallest absolute Gasteiger partial charge is 0.238 e. The van der Waals surface area contributed by atoms with Crippen molar-refractivity contribution in [1.29, 1.82) is 0 Å². The summed E-state index contributed by atoms with van der Waals surface area (Å²) in [7, 11) is 0. The van der Waals surface area contributed by atoms with Crippen LogP contribution in [0.2, 0.25) is 0 Å². The number of hydrogen-bond donors (Lipinski definition) is 1. The third-order valence-corrected chi connectivity index (χ3v) is 6.99. The van der Waals surface area contributed by atoms with Gasteiger partial charge in [0.2, 0.25) is 11.8 Å². The van der Waals surface area contributed by atoms with Crippen LogP contribution in [0.1, 0.15) is 6.42 Å². The molecule has 4 atom stereocenters. The van der Waals surface area contributed by atoms with E-state index >= 15 is 0 Å². The summed E-state index contributed by atoms with van der Waals surface area (Å²) in [5, 5.41) is 11.2. The number of nitrogens with zero attached hydrogens (tertiary/aromatic N) is 1. The average Bonchev–Trinajstić information content (AvgIpc) is 3.49. The lowest BCUT2D eigenvalue weighted by Gasteiger charge is -2.21. The lowest BCUT2D eigenvalue weighted by molar-refractivity contribution is -0.123. The summed E-state index contributed by atoms with van der Waals surface area (Å²) in [4.78, 5) is 28.1. The van der Waals surface area contributed by atoms with Gasteiger partial charge in [-0.3, -0.25) is 9.59 Å². The van der Waals surface area contributed by atoms with Crippen molar-refractivity contribution in [3.8, 4) is 28.0 Å². The molecule has 1 aliphatic heterocycles. The third kappa shape index (κ3) is 2.61. The first kappa shape index (κ1) is 18.1. The number of phenolic OH excluding ortho intramolecular Hbond substituents is 1. The molecule has 31 heavy (non-hydrogen) atoms. The van der Waals surface area contributed by atoms with Crippen LogP contribution in [-0.2, 0) is 9.59 Å². The summed E-state index contributed by atoms with van der Waals surface area (Å²) in [5.41, 5.74) is 3.41. The fourth-order valence-electron chi connectivity index (χ4n) is 5.58. The standard InChI is InChI=1S/C27H21NO3/c29-25-21(16-7-3-1-4-8-16)14-20(15-22(25)17-9-5-2-6-10-17)28-26(30)23-18-11-12-19(13-18)24(23)27(28)31/h1-12,14-15,18-19,23-24,29H,13H2/t18-,19+,23-,24+. The molecule has 1 saturated heterocycles. The normalized spacial score (nSPS) is 26.0. The molecule has 1 saturated carbocycles. The molecule has 6 rings (SSSR count). The number of carbonyl (C=O) groups excluding carboxylic acids is 2. The van der Waals surface area contributed by atoms with E-state index in [-0.39, 0.29) is 41.2 Å². The molecular formula is C27H21NO3. The van der Waals surface area contributed by atoms with Crippen LogP contribution >= 0.6 is 0 Å². The highest BCUT2D eigenvalue weighted by Crippen LogP contribution is 2.54. The number of rotatable bonds is 3. The van der Waals surface area contributed by atoms with Crippen molar-refractivity contribution in [1.82, 2.24) is 0 Å². The summed E-state index contributed by atoms with van der Waals surface area (Å²) in [6.07, 6.45) is 5.10. The van der Waals surface area contributed by atoms with Crippen molar-refractivity contribution in [2.75, 3.05) is 4.90 Å². The van der Waals surface area contributed by atoms with E-state index in [1.807, 2.05) is 60.7 Å². The predicted octanol–water partition coefficient (Wildman–Crippen LogP) is 5.04. The number of amides is 2. The van der Waals surface area contributed by atoms with E-state index in [1.54, 1.807) is 12.1 Å². The zero-order chi connectivity index (χ0) is 21.1. The van der Waals surface area contributed by atoms with E-state index in [9.17, 15) is 14.7 Å². The molecular weight excluding hydrogens is 386 g/mol. The van der Waals surface area contributed by atoms with Crippen LogP contribution in [0.4, 0.5) is 5.69 Å². The van der Waals surface area contributed by atoms with Crippen LogP contribution in [0.15, 0.2) is 84.9 Å². The van der Waals surface area contributed by atoms with Gasteiger partial charge in [-0.25, -0.2) is 4.90 Å². The number of carbonyl (C=O) groups is 2. The molecule has 2 aliphatic carbocycles. The zero-order valence-corrected chi connectivity index (χ0v) is 16.8. The third-order valence-electron chi connectivity index (χ3n) is 6.99. The average molecular weight is 407 g/mol. The second-order valence-corrected chi connectivity index (χ2v) is 8.63. The highest BCUT2D eigenvalue weighted by Gasteiger charge is 2.59. The molecule has 4 heteroatoms. The zero-order valence-electron chi connectivity index (χ0n) is 16.8. The number of imide groups is 1. The maximum Gasteiger partial charge on any atom is 0.238 e. The van der Waals surface area contributed by atoms with Crippen LogP contribution in [0, 0.1) is 23.7 Å². The minimum atomic E-state index is -0.253. The van der Waals surface area contributed by atoms with Gasteiger partial charge in [-0.15, -0.1) is 0 Å². The van der Waals surface area contributed by atoms with Gasteiger partial charge in [0.05, 0.1) is 17.5 Å². The second kappa shape index (κ2) is 6.67. The fraction of sp³-hybridized carbons (Fsp3) is 0.185. The molecule has 2 fully saturated rings. The number of fused-ring (bicyclic) bond motifs is 5. The van der Waals surface area contributed by atoms with Gasteiger partial charge >= 0.3 is 0 Å². The van der Waals surface area contributed by atoms with E-state index in [0.717, 1.165) is 17.5 Å². The molecule has 1 heterocycles. The van der Waals surface area contributed by atoms with Gasteiger partial charge in [0.25, 0.3) is 0 Å². The van der Waals surface area contributed by atoms with Gasteiger partial charge < -0.3 is 5.11 Å². The van der Waals surface area contributed by atoms with Gasteiger partial charge in [-0.1, -0.05) is 72.8 Å². The number of anilines is 1. The molecule has 3 aliphatic rings. The van der Waals surface area contributed by atoms with Crippen LogP contribution in [0.25, 0.3) is 22.3 Å². The van der Waals surface area contributed by atoms with Gasteiger partial charge in [0.1, 0.15) is 5.75 Å². The van der Waals surface area contributed by atoms with Crippen LogP contribution in [-0.4, -0.2) is 16.9 Å². The Morgan fingerprint density at radius 3 is 1.61 bits per heavy atom. The Morgan fingerprint density at radius 2 is 1.16 bits per heavy atom. The Bertz CT molecular complexity index is 1140. The van der Waals surface area contributed by atoms with Gasteiger partial charge in [-0.05, 0) is 41.5 Å². The molecule has 0 aromatic heterocycles. The van der Waals surface area contributed by atoms with E-state index in [1.165, 1.54) is 4.90 Å². The van der Waals surface area contributed by atoms with Crippen molar-refractivity contribution >= 4 is 17.5 Å². The molecule has 0 spiro atoms. The van der Waals surface area contributed by atoms with Crippen LogP contribution < -0.4 is 4.90 Å². The Hall–Kier alpha value is -3.66. The molecule has 0 radical (unpaired) electrons. The quantitative estimate of drug-likeness (QED) is 0.489. The number of hydrogen-bond acceptors (Lipinski definition) is 3. The first-order valence-electron chi connectivity index (χ1n) is 10.7. The number of benzene rings is 3. The largest absolute Gasteiger partial charge is 0.507 e. The number of allylic oxidation sites excluding steroid dienone is 2. The summed E-state index contributed by atoms with van der Waals surface area (Å²) in [6.45, 7) is 0. The van der Waals surface area contributed by atoms with E-state index in [0.29, 0.717) is 16.8 Å². The molecule has 3 aromatic rings. The Morgan fingerprint density at radius 1 is 0.710 bits per heavy atom. The monoisotopic (exact) mass is 407 g/mol. The minimum Gasteiger partial charge on any atom is -0.507 e. The first-order chi connectivity index (χ1) is 15.1. The summed E-state index contributed by atoms with van der Waals surface area (Å²) in [5.74, 6) is -0.270. The second-order valence-electron chi connectivity index (χ2n) is 8.63. The van der Waals surface area contributed by atoms with Crippen LogP contribution in [0.3, 0.4) is 0 Å². The lowest BCUT2D eigenvalue weighted by Crippen LogP contribution is -2.32. The summed E-state index contributed by atoms with van der Waals surface area (Å²) in [6, 6.07) is 22.7. The minimum absolute atomic E-state index is 0.115. The molecule has 2 amide bonds. The Kier molecular flexibility index (Phi) is 3.90. The molecule has 0 unspecified atom stereocenters. The van der Waals surface area contributed by atoms with Crippen molar-refractivity contribution in [3.63, 3.8) is 0 Å². The molecule has 1 N–H and O–H groups in total. The first-order valence-corrected chi connectivity index (χ1v) is 10.7. The molecule has 4 nitrogen and oxygen atoms in total. The highest BCUT2D eigenvalue weighted by atomic mass is 16.3. The van der Waals surface area contributed by atoms with Crippen molar-refractivity contribution in [2.45, 2.75) is 6.42 Å². The van der Waals surface area contributed by atoms with Gasteiger partial charge in [-0.2, -0.15) is 0 Å². The van der Waals surface area contributed by atoms with Crippen molar-refractivity contribution < 1.29 is 14.7 Å². The topological polar surface area (TPSA) is 57.6 Å². The molecule has 2 bridgehead atoms. The summed E-state index contributed by atoms with van der Waals surface area (Å²) >= 11 is 0. The van der Waals surface area contributed by atoms with E-state index in [4.69, 9.17) is 0 Å². The Labute approximate surface area is 180 Å². The van der Waals surface area contributed by atoms with E-state index < -0.39 is 0 Å². The Balaban J connectivity index is 1.53. The SMILES string of the molecule is O=C1[C@@H]2[C@H](C(=O)N1c1cc(-c3ccccc3)c(O)c(-c3ccccc3)c1)[C@@H]1C=C[C@H]2C1. The maximum absolute atomic E-state index is 13.4. The number of aromatic hydroxyl groups is 1. The van der Waals surface area contributed by atoms with Crippen LogP contribution in [0.5, 0.6) is 5.75 Å².